The lowest BCUT2D eigenvalue weighted by Gasteiger charge is -2.18. The smallest absolute Gasteiger partial charge is 0.324 e. The van der Waals surface area contributed by atoms with E-state index in [1.165, 1.54) is 19.3 Å². The predicted molar refractivity (Wildman–Crippen MR) is 72.4 cm³/mol. The molecule has 0 aromatic heterocycles. The maximum Gasteiger partial charge on any atom is 0.324 e. The molecule has 0 spiro atoms. The van der Waals surface area contributed by atoms with E-state index in [-0.39, 0.29) is 13.0 Å². The van der Waals surface area contributed by atoms with E-state index in [0.29, 0.717) is 12.8 Å². The summed E-state index contributed by atoms with van der Waals surface area (Å²) in [6.07, 6.45) is 10.5. The molecule has 108 valence electrons. The van der Waals surface area contributed by atoms with Crippen molar-refractivity contribution >= 4 is 11.9 Å². The molecule has 0 saturated carbocycles. The van der Waals surface area contributed by atoms with Gasteiger partial charge in [-0.25, -0.2) is 0 Å². The number of unbranched alkanes of at least 4 members (excludes halogenated alkanes) is 4. The SMILES string of the molecule is CCCCCCC=CC1(CCCO)CC(=O)OC1=O. The number of carbonyl (C=O) groups is 2. The first kappa shape index (κ1) is 15.9. The maximum atomic E-state index is 11.8. The van der Waals surface area contributed by atoms with Gasteiger partial charge in [0.2, 0.25) is 0 Å². The zero-order chi connectivity index (χ0) is 14.1. The third kappa shape index (κ3) is 4.78. The highest BCUT2D eigenvalue weighted by Crippen LogP contribution is 2.37. The third-order valence-corrected chi connectivity index (χ3v) is 3.52. The summed E-state index contributed by atoms with van der Waals surface area (Å²) in [5.74, 6) is -0.922. The van der Waals surface area contributed by atoms with E-state index >= 15 is 0 Å². The van der Waals surface area contributed by atoms with Gasteiger partial charge in [0.05, 0.1) is 11.8 Å². The van der Waals surface area contributed by atoms with E-state index in [1.807, 2.05) is 12.2 Å². The Labute approximate surface area is 114 Å². The summed E-state index contributed by atoms with van der Waals surface area (Å²) in [6, 6.07) is 0. The van der Waals surface area contributed by atoms with E-state index in [0.717, 1.165) is 12.8 Å². The number of hydrogen-bond donors (Lipinski definition) is 1. The number of ether oxygens (including phenoxy) is 1. The molecule has 1 rings (SSSR count). The van der Waals surface area contributed by atoms with Gasteiger partial charge in [0.25, 0.3) is 0 Å². The zero-order valence-corrected chi connectivity index (χ0v) is 11.7. The Balaban J connectivity index is 2.52. The second kappa shape index (κ2) is 8.10. The Bertz CT molecular complexity index is 335. The molecule has 0 bridgehead atoms. The Hall–Kier alpha value is -1.16. The van der Waals surface area contributed by atoms with Crippen LogP contribution in [-0.4, -0.2) is 23.7 Å². The van der Waals surface area contributed by atoms with Crippen LogP contribution in [0.4, 0.5) is 0 Å². The average Bonchev–Trinajstić information content (AvgIpc) is 2.66. The normalized spacial score (nSPS) is 23.3. The number of hydrogen-bond acceptors (Lipinski definition) is 4. The van der Waals surface area contributed by atoms with Gasteiger partial charge in [-0.3, -0.25) is 9.59 Å². The van der Waals surface area contributed by atoms with Gasteiger partial charge in [0.1, 0.15) is 0 Å². The fourth-order valence-electron chi connectivity index (χ4n) is 2.36. The molecule has 4 nitrogen and oxygen atoms in total. The van der Waals surface area contributed by atoms with Gasteiger partial charge in [-0.05, 0) is 25.7 Å². The van der Waals surface area contributed by atoms with Crippen LogP contribution in [0.1, 0.15) is 58.3 Å². The molecule has 1 unspecified atom stereocenters. The Kier molecular flexibility index (Phi) is 6.78. The highest BCUT2D eigenvalue weighted by Gasteiger charge is 2.46. The molecule has 1 heterocycles. The van der Waals surface area contributed by atoms with Crippen molar-refractivity contribution in [1.82, 2.24) is 0 Å². The molecule has 0 radical (unpaired) electrons. The van der Waals surface area contributed by atoms with E-state index < -0.39 is 17.4 Å². The predicted octanol–water partition coefficient (Wildman–Crippen LogP) is 2.75. The molecule has 0 aromatic rings. The molecular formula is C15H24O4. The first-order valence-corrected chi connectivity index (χ1v) is 7.18. The molecular weight excluding hydrogens is 244 g/mol. The summed E-state index contributed by atoms with van der Waals surface area (Å²) in [6.45, 7) is 2.19. The molecule has 1 atom stereocenters. The van der Waals surface area contributed by atoms with E-state index in [9.17, 15) is 9.59 Å². The van der Waals surface area contributed by atoms with Crippen LogP contribution in [0.2, 0.25) is 0 Å². The maximum absolute atomic E-state index is 11.8. The molecule has 0 amide bonds. The standard InChI is InChI=1S/C15H24O4/c1-2-3-4-5-6-7-9-15(10-8-11-16)12-13(17)19-14(15)18/h7,9,16H,2-6,8,10-12H2,1H3. The average molecular weight is 268 g/mol. The molecule has 1 N–H and O–H groups in total. The number of esters is 2. The number of cyclic esters (lactones) is 2. The lowest BCUT2D eigenvalue weighted by atomic mass is 9.81. The molecule has 1 aliphatic heterocycles. The molecule has 1 aliphatic rings. The Morgan fingerprint density at radius 3 is 2.63 bits per heavy atom. The number of rotatable bonds is 9. The second-order valence-corrected chi connectivity index (χ2v) is 5.17. The number of allylic oxidation sites excluding steroid dienone is 1. The quantitative estimate of drug-likeness (QED) is 0.302. The highest BCUT2D eigenvalue weighted by atomic mass is 16.6. The van der Waals surface area contributed by atoms with Crippen LogP contribution < -0.4 is 0 Å². The van der Waals surface area contributed by atoms with Crippen LogP contribution in [0, 0.1) is 5.41 Å². The fraction of sp³-hybridized carbons (Fsp3) is 0.733. The molecule has 19 heavy (non-hydrogen) atoms. The number of aliphatic hydroxyl groups excluding tert-OH is 1. The second-order valence-electron chi connectivity index (χ2n) is 5.17. The summed E-state index contributed by atoms with van der Waals surface area (Å²) in [4.78, 5) is 23.1. The molecule has 1 saturated heterocycles. The van der Waals surface area contributed by atoms with E-state index in [4.69, 9.17) is 5.11 Å². The van der Waals surface area contributed by atoms with Crippen LogP contribution in [0.15, 0.2) is 12.2 Å². The lowest BCUT2D eigenvalue weighted by molar-refractivity contribution is -0.154. The van der Waals surface area contributed by atoms with Crippen LogP contribution in [-0.2, 0) is 14.3 Å². The zero-order valence-electron chi connectivity index (χ0n) is 11.7. The Morgan fingerprint density at radius 2 is 2.05 bits per heavy atom. The summed E-state index contributed by atoms with van der Waals surface area (Å²) >= 11 is 0. The third-order valence-electron chi connectivity index (χ3n) is 3.52. The van der Waals surface area contributed by atoms with Crippen LogP contribution in [0.5, 0.6) is 0 Å². The van der Waals surface area contributed by atoms with Gasteiger partial charge >= 0.3 is 11.9 Å². The van der Waals surface area contributed by atoms with Crippen molar-refractivity contribution in [3.63, 3.8) is 0 Å². The van der Waals surface area contributed by atoms with Crippen LogP contribution in [0.3, 0.4) is 0 Å². The van der Waals surface area contributed by atoms with Gasteiger partial charge in [-0.15, -0.1) is 0 Å². The van der Waals surface area contributed by atoms with Gasteiger partial charge in [-0.2, -0.15) is 0 Å². The Morgan fingerprint density at radius 1 is 1.26 bits per heavy atom. The van der Waals surface area contributed by atoms with E-state index in [2.05, 4.69) is 11.7 Å². The van der Waals surface area contributed by atoms with Crippen molar-refractivity contribution in [1.29, 1.82) is 0 Å². The van der Waals surface area contributed by atoms with Crippen molar-refractivity contribution in [3.05, 3.63) is 12.2 Å². The molecule has 0 aromatic carbocycles. The molecule has 4 heteroatoms. The summed E-state index contributed by atoms with van der Waals surface area (Å²) in [5, 5.41) is 8.90. The first-order chi connectivity index (χ1) is 9.14. The van der Waals surface area contributed by atoms with E-state index in [1.54, 1.807) is 0 Å². The highest BCUT2D eigenvalue weighted by molar-refractivity contribution is 5.98. The van der Waals surface area contributed by atoms with Crippen molar-refractivity contribution in [3.8, 4) is 0 Å². The number of carbonyl (C=O) groups excluding carboxylic acids is 2. The lowest BCUT2D eigenvalue weighted by Crippen LogP contribution is -2.24. The fourth-order valence-corrected chi connectivity index (χ4v) is 2.36. The monoisotopic (exact) mass is 268 g/mol. The number of aliphatic hydroxyl groups is 1. The minimum atomic E-state index is -0.829. The van der Waals surface area contributed by atoms with Crippen molar-refractivity contribution in [2.75, 3.05) is 6.61 Å². The minimum Gasteiger partial charge on any atom is -0.396 e. The van der Waals surface area contributed by atoms with Crippen molar-refractivity contribution in [2.45, 2.75) is 58.3 Å². The largest absolute Gasteiger partial charge is 0.396 e. The van der Waals surface area contributed by atoms with Gasteiger partial charge in [0, 0.05) is 6.61 Å². The topological polar surface area (TPSA) is 63.6 Å². The molecule has 1 fully saturated rings. The first-order valence-electron chi connectivity index (χ1n) is 7.18. The molecule has 0 aliphatic carbocycles. The summed E-state index contributed by atoms with van der Waals surface area (Å²) in [5.41, 5.74) is -0.829. The van der Waals surface area contributed by atoms with Gasteiger partial charge in [0.15, 0.2) is 0 Å². The minimum absolute atomic E-state index is 0.0214. The summed E-state index contributed by atoms with van der Waals surface area (Å²) in [7, 11) is 0. The van der Waals surface area contributed by atoms with Gasteiger partial charge in [-0.1, -0.05) is 38.3 Å². The van der Waals surface area contributed by atoms with Crippen molar-refractivity contribution < 1.29 is 19.4 Å². The summed E-state index contributed by atoms with van der Waals surface area (Å²) < 4.78 is 4.66. The van der Waals surface area contributed by atoms with Gasteiger partial charge < -0.3 is 9.84 Å². The van der Waals surface area contributed by atoms with Crippen LogP contribution in [0.25, 0.3) is 0 Å². The van der Waals surface area contributed by atoms with Crippen LogP contribution >= 0.6 is 0 Å². The van der Waals surface area contributed by atoms with Crippen molar-refractivity contribution in [2.24, 2.45) is 5.41 Å².